The van der Waals surface area contributed by atoms with E-state index in [-0.39, 0.29) is 5.54 Å². The Hall–Kier alpha value is -0.160. The lowest BCUT2D eigenvalue weighted by atomic mass is 9.98. The first kappa shape index (κ1) is 16.8. The molecule has 4 heteroatoms. The number of nitrogens with two attached hydrogens (primary N) is 1. The van der Waals surface area contributed by atoms with Crippen LogP contribution < -0.4 is 5.73 Å². The summed E-state index contributed by atoms with van der Waals surface area (Å²) in [6.45, 7) is 12.2. The average Bonchev–Trinajstić information content (AvgIpc) is 2.36. The van der Waals surface area contributed by atoms with E-state index in [1.165, 1.54) is 0 Å². The van der Waals surface area contributed by atoms with Crippen LogP contribution in [0.25, 0.3) is 0 Å². The van der Waals surface area contributed by atoms with Crippen LogP contribution in [0.1, 0.15) is 34.1 Å². The summed E-state index contributed by atoms with van der Waals surface area (Å²) < 4.78 is 10.8. The van der Waals surface area contributed by atoms with Crippen LogP contribution in [-0.4, -0.2) is 56.5 Å². The molecule has 2 unspecified atom stereocenters. The van der Waals surface area contributed by atoms with E-state index in [4.69, 9.17) is 15.2 Å². The van der Waals surface area contributed by atoms with Gasteiger partial charge in [-0.1, -0.05) is 6.92 Å². The molecule has 2 N–H and O–H groups in total. The van der Waals surface area contributed by atoms with Gasteiger partial charge in [0.15, 0.2) is 0 Å². The van der Waals surface area contributed by atoms with E-state index < -0.39 is 0 Å². The summed E-state index contributed by atoms with van der Waals surface area (Å²) in [6.07, 6.45) is 1.10. The summed E-state index contributed by atoms with van der Waals surface area (Å²) in [7, 11) is 1.73. The Balaban J connectivity index is 4.68. The molecule has 0 radical (unpaired) electrons. The second-order valence-electron chi connectivity index (χ2n) is 4.78. The van der Waals surface area contributed by atoms with Crippen molar-refractivity contribution in [3.8, 4) is 0 Å². The van der Waals surface area contributed by atoms with Gasteiger partial charge < -0.3 is 15.2 Å². The average molecular weight is 246 g/mol. The third-order valence-electron chi connectivity index (χ3n) is 3.41. The Kier molecular flexibility index (Phi) is 8.78. The molecule has 0 spiro atoms. The molecule has 0 aromatic carbocycles. The monoisotopic (exact) mass is 246 g/mol. The first-order valence-corrected chi connectivity index (χ1v) is 6.59. The SMILES string of the molecule is CCOCC(C)(CN)N(CCOC)C(C)CC. The van der Waals surface area contributed by atoms with Gasteiger partial charge in [-0.25, -0.2) is 0 Å². The van der Waals surface area contributed by atoms with E-state index in [9.17, 15) is 0 Å². The maximum absolute atomic E-state index is 5.95. The summed E-state index contributed by atoms with van der Waals surface area (Å²) in [4.78, 5) is 2.41. The zero-order chi connectivity index (χ0) is 13.3. The zero-order valence-electron chi connectivity index (χ0n) is 12.2. The third kappa shape index (κ3) is 5.34. The van der Waals surface area contributed by atoms with Gasteiger partial charge in [0.05, 0.1) is 18.8 Å². The minimum absolute atomic E-state index is 0.107. The normalized spacial score (nSPS) is 17.1. The van der Waals surface area contributed by atoms with Gasteiger partial charge in [0.1, 0.15) is 0 Å². The molecule has 17 heavy (non-hydrogen) atoms. The molecular formula is C13H30N2O2. The molecule has 0 bridgehead atoms. The van der Waals surface area contributed by atoms with Crippen LogP contribution in [0.2, 0.25) is 0 Å². The summed E-state index contributed by atoms with van der Waals surface area (Å²) in [6, 6.07) is 0.485. The maximum Gasteiger partial charge on any atom is 0.0660 e. The zero-order valence-corrected chi connectivity index (χ0v) is 12.2. The van der Waals surface area contributed by atoms with Crippen molar-refractivity contribution in [3.63, 3.8) is 0 Å². The number of ether oxygens (including phenoxy) is 2. The molecule has 104 valence electrons. The minimum Gasteiger partial charge on any atom is -0.383 e. The second-order valence-corrected chi connectivity index (χ2v) is 4.78. The van der Waals surface area contributed by atoms with Crippen LogP contribution in [0.5, 0.6) is 0 Å². The van der Waals surface area contributed by atoms with Crippen molar-refractivity contribution < 1.29 is 9.47 Å². The molecule has 0 heterocycles. The highest BCUT2D eigenvalue weighted by molar-refractivity contribution is 4.90. The standard InChI is InChI=1S/C13H30N2O2/c1-6-12(3)15(8-9-16-5)13(4,10-14)11-17-7-2/h12H,6-11,14H2,1-5H3. The van der Waals surface area contributed by atoms with Crippen molar-refractivity contribution in [3.05, 3.63) is 0 Å². The Morgan fingerprint density at radius 3 is 2.41 bits per heavy atom. The highest BCUT2D eigenvalue weighted by Crippen LogP contribution is 2.19. The molecule has 0 aromatic heterocycles. The van der Waals surface area contributed by atoms with Gasteiger partial charge in [-0.3, -0.25) is 4.90 Å². The second kappa shape index (κ2) is 8.86. The Morgan fingerprint density at radius 2 is 2.00 bits per heavy atom. The molecule has 0 fully saturated rings. The Bertz CT molecular complexity index is 190. The predicted molar refractivity (Wildman–Crippen MR) is 72.3 cm³/mol. The Labute approximate surface area is 106 Å². The predicted octanol–water partition coefficient (Wildman–Crippen LogP) is 1.49. The van der Waals surface area contributed by atoms with E-state index >= 15 is 0 Å². The molecule has 2 atom stereocenters. The first-order valence-electron chi connectivity index (χ1n) is 6.59. The van der Waals surface area contributed by atoms with E-state index in [1.807, 2.05) is 6.92 Å². The topological polar surface area (TPSA) is 47.7 Å². The van der Waals surface area contributed by atoms with Crippen LogP contribution in [-0.2, 0) is 9.47 Å². The lowest BCUT2D eigenvalue weighted by Gasteiger charge is -2.44. The quantitative estimate of drug-likeness (QED) is 0.634. The fourth-order valence-electron chi connectivity index (χ4n) is 2.01. The first-order chi connectivity index (χ1) is 8.05. The van der Waals surface area contributed by atoms with E-state index in [2.05, 4.69) is 25.7 Å². The fourth-order valence-corrected chi connectivity index (χ4v) is 2.01. The molecule has 0 saturated heterocycles. The summed E-state index contributed by atoms with van der Waals surface area (Å²) in [5, 5.41) is 0. The lowest BCUT2D eigenvalue weighted by molar-refractivity contribution is -0.0218. The van der Waals surface area contributed by atoms with Gasteiger partial charge in [-0.2, -0.15) is 0 Å². The number of hydrogen-bond acceptors (Lipinski definition) is 4. The maximum atomic E-state index is 5.95. The van der Waals surface area contributed by atoms with Gasteiger partial charge in [0.2, 0.25) is 0 Å². The van der Waals surface area contributed by atoms with Gasteiger partial charge in [0.25, 0.3) is 0 Å². The van der Waals surface area contributed by atoms with Crippen molar-refractivity contribution in [2.75, 3.05) is 40.0 Å². The molecule has 0 amide bonds. The van der Waals surface area contributed by atoms with E-state index in [0.29, 0.717) is 19.2 Å². The smallest absolute Gasteiger partial charge is 0.0660 e. The number of methoxy groups -OCH3 is 1. The number of nitrogens with zero attached hydrogens (tertiary/aromatic N) is 1. The summed E-state index contributed by atoms with van der Waals surface area (Å²) in [5.41, 5.74) is 5.84. The van der Waals surface area contributed by atoms with Crippen LogP contribution >= 0.6 is 0 Å². The lowest BCUT2D eigenvalue weighted by Crippen LogP contribution is -2.58. The van der Waals surface area contributed by atoms with Crippen LogP contribution in [0.4, 0.5) is 0 Å². The molecular weight excluding hydrogens is 216 g/mol. The molecule has 0 aliphatic carbocycles. The van der Waals surface area contributed by atoms with E-state index in [0.717, 1.165) is 26.2 Å². The largest absolute Gasteiger partial charge is 0.383 e. The number of rotatable bonds is 10. The fraction of sp³-hybridized carbons (Fsp3) is 1.00. The van der Waals surface area contributed by atoms with Crippen molar-refractivity contribution >= 4 is 0 Å². The van der Waals surface area contributed by atoms with Crippen LogP contribution in [0.15, 0.2) is 0 Å². The van der Waals surface area contributed by atoms with E-state index in [1.54, 1.807) is 7.11 Å². The van der Waals surface area contributed by atoms with Crippen molar-refractivity contribution in [2.45, 2.75) is 45.7 Å². The minimum atomic E-state index is -0.107. The van der Waals surface area contributed by atoms with Crippen molar-refractivity contribution in [2.24, 2.45) is 5.73 Å². The van der Waals surface area contributed by atoms with Crippen molar-refractivity contribution in [1.82, 2.24) is 4.90 Å². The highest BCUT2D eigenvalue weighted by Gasteiger charge is 2.33. The molecule has 4 nitrogen and oxygen atoms in total. The Morgan fingerprint density at radius 1 is 1.35 bits per heavy atom. The molecule has 0 saturated carbocycles. The van der Waals surface area contributed by atoms with Crippen LogP contribution in [0, 0.1) is 0 Å². The van der Waals surface area contributed by atoms with Gasteiger partial charge >= 0.3 is 0 Å². The molecule has 0 aliphatic rings. The molecule has 0 rings (SSSR count). The summed E-state index contributed by atoms with van der Waals surface area (Å²) in [5.74, 6) is 0. The van der Waals surface area contributed by atoms with Crippen LogP contribution in [0.3, 0.4) is 0 Å². The molecule has 0 aromatic rings. The summed E-state index contributed by atoms with van der Waals surface area (Å²) >= 11 is 0. The highest BCUT2D eigenvalue weighted by atomic mass is 16.5. The molecule has 0 aliphatic heterocycles. The van der Waals surface area contributed by atoms with Crippen molar-refractivity contribution in [1.29, 1.82) is 0 Å². The number of hydrogen-bond donors (Lipinski definition) is 1. The van der Waals surface area contributed by atoms with Gasteiger partial charge in [-0.15, -0.1) is 0 Å². The van der Waals surface area contributed by atoms with Gasteiger partial charge in [0, 0.05) is 32.8 Å². The van der Waals surface area contributed by atoms with Gasteiger partial charge in [-0.05, 0) is 27.2 Å². The third-order valence-corrected chi connectivity index (χ3v) is 3.41.